The number of hydrogen-bond acceptors (Lipinski definition) is 29. The minimum Gasteiger partial charge on any atom is -0.382 e. The zero-order chi connectivity index (χ0) is 105. The van der Waals surface area contributed by atoms with Crippen LogP contribution in [0.4, 0.5) is 34.9 Å². The van der Waals surface area contributed by atoms with Crippen LogP contribution in [0.3, 0.4) is 0 Å². The van der Waals surface area contributed by atoms with E-state index in [-0.39, 0.29) is 47.3 Å². The molecule has 24 rings (SSSR count). The van der Waals surface area contributed by atoms with Crippen molar-refractivity contribution >= 4 is 202 Å². The fourth-order valence-electron chi connectivity index (χ4n) is 17.3. The van der Waals surface area contributed by atoms with Gasteiger partial charge in [0.1, 0.15) is 136 Å². The first-order valence-corrected chi connectivity index (χ1v) is 48.4. The molecule has 1 saturated carbocycles. The highest BCUT2D eigenvalue weighted by molar-refractivity contribution is 6.12. The van der Waals surface area contributed by atoms with Gasteiger partial charge in [0.2, 0.25) is 35.4 Å². The number of benzene rings is 6. The highest BCUT2D eigenvalue weighted by Crippen LogP contribution is 2.38. The first kappa shape index (κ1) is 99.0. The van der Waals surface area contributed by atoms with Crippen LogP contribution in [0.15, 0.2) is 177 Å². The molecule has 1 aliphatic rings. The summed E-state index contributed by atoms with van der Waals surface area (Å²) in [6, 6.07) is 45.0. The van der Waals surface area contributed by atoms with Gasteiger partial charge in [0.05, 0.1) is 101 Å². The van der Waals surface area contributed by atoms with Gasteiger partial charge in [-0.15, -0.1) is 0 Å². The molecule has 0 spiro atoms. The van der Waals surface area contributed by atoms with Gasteiger partial charge in [0, 0.05) is 151 Å². The van der Waals surface area contributed by atoms with Crippen molar-refractivity contribution in [3.05, 3.63) is 217 Å². The van der Waals surface area contributed by atoms with Gasteiger partial charge in [-0.05, 0) is 142 Å². The summed E-state index contributed by atoms with van der Waals surface area (Å²) >= 11 is 0. The number of pyridine rings is 6. The van der Waals surface area contributed by atoms with Gasteiger partial charge in [0.25, 0.3) is 0 Å². The van der Waals surface area contributed by atoms with Crippen LogP contribution in [0.5, 0.6) is 0 Å². The van der Waals surface area contributed by atoms with E-state index in [1.54, 1.807) is 78.2 Å². The van der Waals surface area contributed by atoms with E-state index >= 15 is 0 Å². The van der Waals surface area contributed by atoms with E-state index in [0.29, 0.717) is 156 Å². The number of carbonyl (C=O) groups is 6. The average Bonchev–Trinajstić information content (AvgIpc) is 1.62. The number of nitrogens with two attached hydrogens (primary N) is 6. The second-order valence-electron chi connectivity index (χ2n) is 36.3. The average molecular weight is 2010 g/mol. The van der Waals surface area contributed by atoms with Crippen molar-refractivity contribution in [2.24, 2.45) is 11.8 Å². The Kier molecular flexibility index (Phi) is 27.9. The lowest BCUT2D eigenvalue weighted by molar-refractivity contribution is -0.130. The minimum atomic E-state index is -0.0761. The fraction of sp³-hybridized carbons (Fsp3) is 0.221. The zero-order valence-corrected chi connectivity index (χ0v) is 83.5. The molecule has 25 N–H and O–H groups in total. The normalized spacial score (nSPS) is 11.8. The van der Waals surface area contributed by atoms with Crippen LogP contribution in [0, 0.1) is 18.8 Å². The van der Waals surface area contributed by atoms with Crippen molar-refractivity contribution in [2.45, 2.75) is 121 Å². The number of anilines is 6. The van der Waals surface area contributed by atoms with Crippen LogP contribution in [0.1, 0.15) is 115 Å². The third kappa shape index (κ3) is 21.2. The first-order valence-electron chi connectivity index (χ1n) is 48.4. The fourth-order valence-corrected chi connectivity index (χ4v) is 17.3. The largest absolute Gasteiger partial charge is 0.382 e. The molecule has 0 aliphatic heterocycles. The van der Waals surface area contributed by atoms with Crippen molar-refractivity contribution in [1.82, 2.24) is 171 Å². The van der Waals surface area contributed by atoms with E-state index in [1.165, 1.54) is 6.92 Å². The molecule has 1 fully saturated rings. The Balaban J connectivity index is 0.000000113. The summed E-state index contributed by atoms with van der Waals surface area (Å²) in [6.45, 7) is 19.5. The van der Waals surface area contributed by atoms with Gasteiger partial charge in [-0.2, -0.15) is 25.5 Å². The van der Waals surface area contributed by atoms with Crippen molar-refractivity contribution in [1.29, 1.82) is 0 Å². The number of imidazole rings is 6. The smallest absolute Gasteiger partial charge is 0.223 e. The molecule has 760 valence electrons. The lowest BCUT2D eigenvalue weighted by atomic mass is 10.1. The van der Waals surface area contributed by atoms with E-state index < -0.39 is 0 Å². The molecule has 46 heteroatoms. The number of H-pyrrole nitrogens is 10. The summed E-state index contributed by atoms with van der Waals surface area (Å²) in [5, 5.41) is 45.9. The molecule has 0 radical (unpaired) electrons. The Morgan fingerprint density at radius 3 is 1.01 bits per heavy atom. The van der Waals surface area contributed by atoms with Gasteiger partial charge in [-0.3, -0.25) is 49.2 Å². The quantitative estimate of drug-likeness (QED) is 0.0300. The summed E-state index contributed by atoms with van der Waals surface area (Å²) in [5.74, 6) is 6.53. The van der Waals surface area contributed by atoms with Crippen molar-refractivity contribution in [3.63, 3.8) is 0 Å². The molecule has 17 heterocycles. The van der Waals surface area contributed by atoms with Crippen LogP contribution in [-0.2, 0) is 68.0 Å². The molecule has 0 unspecified atom stereocenters. The molecule has 6 amide bonds. The van der Waals surface area contributed by atoms with Crippen LogP contribution >= 0.6 is 0 Å². The van der Waals surface area contributed by atoms with E-state index in [9.17, 15) is 28.8 Å². The van der Waals surface area contributed by atoms with Crippen LogP contribution in [0.2, 0.25) is 0 Å². The summed E-state index contributed by atoms with van der Waals surface area (Å²) in [7, 11) is 1.73. The van der Waals surface area contributed by atoms with Gasteiger partial charge in [-0.25, -0.2) is 64.5 Å². The van der Waals surface area contributed by atoms with E-state index in [1.807, 2.05) is 180 Å². The number of aromatic amines is 10. The van der Waals surface area contributed by atoms with E-state index in [0.717, 1.165) is 173 Å². The van der Waals surface area contributed by atoms with Crippen LogP contribution < -0.4 is 50.4 Å². The SMILES string of the molecule is CC(=O)N(C)Cc1nc2c([nH]1)c(N)nc1cc(-n3cccn3)ccc12.CC(C)C(=O)NCc1nc2c([nH]1)c(N)nc1cc(-c3ccn[nH]3)ccc12.CCC(=O)NCc1nc2c([nH]1)c(N)nc1cc(-c3ccn[nH]3)ccc12.CCN(Cc1nc2c([nH]1)c(N)nc1cc(-c3ccn[nH]3)ccc12)C(C)=O.CCN(Cc1nc2c([nH]1)c(N)nc1cc(C)ccc12)C(C)=O.Nc1nc2cc(-c3ccn[nH]3)ccc2c2nc(CNC(=O)C3CC3)[nH]c12. The summed E-state index contributed by atoms with van der Waals surface area (Å²) in [4.78, 5) is 148. The molecule has 150 heavy (non-hydrogen) atoms. The number of aryl methyl sites for hydroxylation is 1. The molecule has 0 bridgehead atoms. The van der Waals surface area contributed by atoms with Crippen molar-refractivity contribution in [3.8, 4) is 50.7 Å². The Hall–Kier alpha value is -19.7. The number of nitrogen functional groups attached to an aromatic ring is 6. The summed E-state index contributed by atoms with van der Waals surface area (Å²) in [5.41, 5.74) is 59.6. The maximum absolute atomic E-state index is 11.8. The van der Waals surface area contributed by atoms with Gasteiger partial charge in [0.15, 0.2) is 0 Å². The molecule has 6 aromatic carbocycles. The topological polar surface area (TPSA) is 686 Å². The number of hydrogen-bond donors (Lipinski definition) is 19. The summed E-state index contributed by atoms with van der Waals surface area (Å²) in [6.07, 6.45) is 12.8. The molecule has 23 aromatic rings. The molecular weight excluding hydrogens is 1910 g/mol. The summed E-state index contributed by atoms with van der Waals surface area (Å²) < 4.78 is 1.76. The van der Waals surface area contributed by atoms with Gasteiger partial charge < -0.3 is 95.0 Å². The Bertz CT molecular complexity index is 8830. The first-order chi connectivity index (χ1) is 72.4. The maximum atomic E-state index is 11.8. The molecule has 0 atom stereocenters. The minimum absolute atomic E-state index is 0.00751. The molecule has 1 aliphatic carbocycles. The monoisotopic (exact) mass is 2010 g/mol. The number of rotatable bonds is 22. The highest BCUT2D eigenvalue weighted by Gasteiger charge is 2.30. The van der Waals surface area contributed by atoms with Crippen molar-refractivity contribution in [2.75, 3.05) is 54.5 Å². The second kappa shape index (κ2) is 42.3. The third-order valence-corrected chi connectivity index (χ3v) is 25.5. The number of nitrogens with zero attached hydrogens (tertiary/aromatic N) is 21. The lowest BCUT2D eigenvalue weighted by Gasteiger charge is -2.16. The number of carbonyl (C=O) groups excluding carboxylic acids is 6. The molecular formula is C104H108N40O6. The van der Waals surface area contributed by atoms with Crippen molar-refractivity contribution < 1.29 is 28.8 Å². The van der Waals surface area contributed by atoms with Gasteiger partial charge in [-0.1, -0.05) is 57.2 Å². The molecule has 17 aromatic heterocycles. The predicted molar refractivity (Wildman–Crippen MR) is 576 cm³/mol. The predicted octanol–water partition coefficient (Wildman–Crippen LogP) is 13.3. The maximum Gasteiger partial charge on any atom is 0.223 e. The van der Waals surface area contributed by atoms with Crippen LogP contribution in [-0.4, -0.2) is 211 Å². The standard InChI is InChI=1S/C18H17N7O.2C18H19N7O.2C17H17N7O.C16H19N5O/c19-17-16-15(23-14(24-16)8-20-18(26)9-1-2-9)11-4-3-10(7-13(11)22-17)12-5-6-21-25-12;1-9(2)18(26)20-8-14-23-15-11-4-3-10(12-5-6-21-25-12)7-13(11)22-17(19)16(15)24-14;1-3-25(10(2)26)9-15-22-16-12-5-4-11(13-6-7-20-24-13)8-14(12)21-18(19)17(16)23-15;1-10(25)23(2)9-14-21-15-12-5-4-11(24-7-3-6-19-24)8-13(12)20-17(18)16(15)22-14;1-2-14(25)19-8-13-22-15-10-4-3-9(11-5-6-20-24-11)7-12(10)21-17(18)16(15)23-13;1-4-21(10(3)22)8-13-19-14-11-6-5-9(2)7-12(11)18-16(17)15(14)20-13/h3-7,9H,1-2,8H2,(H2,19,22)(H,20,26)(H,21,25)(H,23,24);3-7,9H,8H2,1-2H3,(H2,19,22)(H,20,26)(H,21,25)(H,23,24);4-8H,3,9H2,1-2H3,(H2,19,21)(H,20,24)(H,22,23);3-8H,9H2,1-2H3,(H2,18,20)(H,21,22);3-7H,2,8H2,1H3,(H2,18,21)(H,19,25)(H,20,24)(H,22,23);5-7H,4,8H2,1-3H3,(H2,17,18)(H,19,20). The van der Waals surface area contributed by atoms with Gasteiger partial charge >= 0.3 is 0 Å². The Morgan fingerprint density at radius 1 is 0.380 bits per heavy atom. The highest BCUT2D eigenvalue weighted by atomic mass is 16.2. The lowest BCUT2D eigenvalue weighted by Crippen LogP contribution is -2.28. The second-order valence-corrected chi connectivity index (χ2v) is 36.3. The Morgan fingerprint density at radius 2 is 0.700 bits per heavy atom. The van der Waals surface area contributed by atoms with Crippen LogP contribution in [0.25, 0.3) is 182 Å². The number of fused-ring (bicyclic) bond motifs is 18. The van der Waals surface area contributed by atoms with E-state index in [4.69, 9.17) is 34.4 Å². The molecule has 46 nitrogen and oxygen atoms in total. The zero-order valence-electron chi connectivity index (χ0n) is 83.5. The molecule has 0 saturated heterocycles. The number of amides is 6. The number of nitrogens with one attached hydrogen (secondary N) is 13. The Labute approximate surface area is 852 Å². The third-order valence-electron chi connectivity index (χ3n) is 25.5. The van der Waals surface area contributed by atoms with E-state index in [2.05, 4.69) is 152 Å². The number of aromatic nitrogens is 28.